The van der Waals surface area contributed by atoms with Gasteiger partial charge in [0.05, 0.1) is 0 Å². The molecule has 2 heterocycles. The zero-order chi connectivity index (χ0) is 18.9. The molecule has 1 saturated carbocycles. The number of piperidine rings is 1. The average Bonchev–Trinajstić information content (AvgIpc) is 3.37. The van der Waals surface area contributed by atoms with Crippen LogP contribution in [0.1, 0.15) is 44.1 Å². The largest absolute Gasteiger partial charge is 0.353 e. The number of carbonyl (C=O) groups excluding carboxylic acids is 1. The summed E-state index contributed by atoms with van der Waals surface area (Å²) < 4.78 is 26.6. The monoisotopic (exact) mass is 377 g/mol. The molecule has 0 bridgehead atoms. The van der Waals surface area contributed by atoms with E-state index in [9.17, 15) is 13.6 Å². The third-order valence-corrected chi connectivity index (χ3v) is 6.25. The summed E-state index contributed by atoms with van der Waals surface area (Å²) in [6, 6.07) is 4.65. The molecule has 3 fully saturated rings. The second kappa shape index (κ2) is 7.84. The lowest BCUT2D eigenvalue weighted by Gasteiger charge is -2.40. The third kappa shape index (κ3) is 4.85. The highest BCUT2D eigenvalue weighted by Gasteiger charge is 2.41. The van der Waals surface area contributed by atoms with Crippen molar-refractivity contribution in [2.75, 3.05) is 32.7 Å². The molecule has 4 rings (SSSR count). The van der Waals surface area contributed by atoms with Gasteiger partial charge in [0.15, 0.2) is 11.6 Å². The number of rotatable bonds is 6. The van der Waals surface area contributed by atoms with Crippen molar-refractivity contribution >= 4 is 5.91 Å². The van der Waals surface area contributed by atoms with E-state index in [1.165, 1.54) is 18.6 Å². The Balaban J connectivity index is 1.28. The first-order valence-corrected chi connectivity index (χ1v) is 10.2. The Hall–Kier alpha value is -1.53. The first-order chi connectivity index (χ1) is 13.0. The summed E-state index contributed by atoms with van der Waals surface area (Å²) in [5, 5.41) is 3.06. The lowest BCUT2D eigenvalue weighted by molar-refractivity contribution is -0.121. The molecule has 2 saturated heterocycles. The van der Waals surface area contributed by atoms with Crippen LogP contribution in [0, 0.1) is 17.0 Å². The van der Waals surface area contributed by atoms with E-state index in [2.05, 4.69) is 15.1 Å². The Morgan fingerprint density at radius 3 is 2.70 bits per heavy atom. The van der Waals surface area contributed by atoms with E-state index >= 15 is 0 Å². The van der Waals surface area contributed by atoms with E-state index < -0.39 is 11.6 Å². The summed E-state index contributed by atoms with van der Waals surface area (Å²) in [6.07, 6.45) is 6.36. The van der Waals surface area contributed by atoms with Crippen molar-refractivity contribution in [2.24, 2.45) is 5.41 Å². The number of hydrogen-bond donors (Lipinski definition) is 1. The number of nitrogens with one attached hydrogen (secondary N) is 1. The van der Waals surface area contributed by atoms with Crippen LogP contribution < -0.4 is 5.32 Å². The molecule has 148 valence electrons. The first-order valence-electron chi connectivity index (χ1n) is 10.2. The van der Waals surface area contributed by atoms with Crippen molar-refractivity contribution in [3.05, 3.63) is 35.4 Å². The normalized spacial score (nSPS) is 26.6. The second-order valence-corrected chi connectivity index (χ2v) is 8.68. The maximum atomic E-state index is 13.5. The maximum absolute atomic E-state index is 13.5. The lowest BCUT2D eigenvalue weighted by atomic mass is 9.79. The Labute approximate surface area is 159 Å². The Bertz CT molecular complexity index is 694. The standard InChI is InChI=1S/C21H29F2N3O/c22-18-5-2-16(12-19(18)23)13-26-9-1-7-21(15-26)8-11-25(14-21)10-6-20(27)24-17-3-4-17/h2,5,12,17H,1,3-4,6-11,13-15H2,(H,24,27)/t21-/m0/s1. The maximum Gasteiger partial charge on any atom is 0.221 e. The topological polar surface area (TPSA) is 35.6 Å². The number of likely N-dealkylation sites (tertiary alicyclic amines) is 2. The predicted octanol–water partition coefficient (Wildman–Crippen LogP) is 2.92. The smallest absolute Gasteiger partial charge is 0.221 e. The molecule has 4 nitrogen and oxygen atoms in total. The average molecular weight is 377 g/mol. The molecule has 6 heteroatoms. The van der Waals surface area contributed by atoms with E-state index in [1.807, 2.05) is 0 Å². The van der Waals surface area contributed by atoms with Crippen LogP contribution in [0.4, 0.5) is 8.78 Å². The summed E-state index contributed by atoms with van der Waals surface area (Å²) in [4.78, 5) is 16.7. The van der Waals surface area contributed by atoms with Crippen LogP contribution in [0.15, 0.2) is 18.2 Å². The van der Waals surface area contributed by atoms with Gasteiger partial charge in [0.1, 0.15) is 0 Å². The highest BCUT2D eigenvalue weighted by molar-refractivity contribution is 5.76. The van der Waals surface area contributed by atoms with Crippen LogP contribution in [0.3, 0.4) is 0 Å². The molecule has 1 amide bonds. The molecule has 1 aromatic carbocycles. The van der Waals surface area contributed by atoms with E-state index in [0.717, 1.165) is 64.0 Å². The predicted molar refractivity (Wildman–Crippen MR) is 100 cm³/mol. The Kier molecular flexibility index (Phi) is 5.46. The number of nitrogens with zero attached hydrogens (tertiary/aromatic N) is 2. The van der Waals surface area contributed by atoms with E-state index in [-0.39, 0.29) is 11.3 Å². The van der Waals surface area contributed by atoms with Crippen molar-refractivity contribution < 1.29 is 13.6 Å². The lowest BCUT2D eigenvalue weighted by Crippen LogP contribution is -2.44. The minimum atomic E-state index is -0.786. The van der Waals surface area contributed by atoms with Gasteiger partial charge in [0, 0.05) is 38.6 Å². The van der Waals surface area contributed by atoms with Crippen LogP contribution in [0.2, 0.25) is 0 Å². The van der Waals surface area contributed by atoms with Gasteiger partial charge in [-0.25, -0.2) is 8.78 Å². The van der Waals surface area contributed by atoms with Crippen LogP contribution in [0.25, 0.3) is 0 Å². The summed E-state index contributed by atoms with van der Waals surface area (Å²) in [6.45, 7) is 5.60. The molecule has 1 aliphatic carbocycles. The number of amides is 1. The van der Waals surface area contributed by atoms with Gasteiger partial charge in [-0.1, -0.05) is 6.07 Å². The fraction of sp³-hybridized carbons (Fsp3) is 0.667. The molecule has 3 aliphatic rings. The van der Waals surface area contributed by atoms with Crippen molar-refractivity contribution in [1.82, 2.24) is 15.1 Å². The van der Waals surface area contributed by atoms with Crippen LogP contribution in [-0.4, -0.2) is 54.5 Å². The number of halogens is 2. The van der Waals surface area contributed by atoms with E-state index in [1.54, 1.807) is 6.07 Å². The van der Waals surface area contributed by atoms with Gasteiger partial charge in [-0.15, -0.1) is 0 Å². The third-order valence-electron chi connectivity index (χ3n) is 6.25. The summed E-state index contributed by atoms with van der Waals surface area (Å²) >= 11 is 0. The van der Waals surface area contributed by atoms with E-state index in [4.69, 9.17) is 0 Å². The Morgan fingerprint density at radius 1 is 1.11 bits per heavy atom. The molecule has 27 heavy (non-hydrogen) atoms. The van der Waals surface area contributed by atoms with Gasteiger partial charge in [-0.2, -0.15) is 0 Å². The fourth-order valence-electron chi connectivity index (χ4n) is 4.68. The zero-order valence-corrected chi connectivity index (χ0v) is 15.9. The second-order valence-electron chi connectivity index (χ2n) is 8.68. The fourth-order valence-corrected chi connectivity index (χ4v) is 4.68. The summed E-state index contributed by atoms with van der Waals surface area (Å²) in [5.74, 6) is -1.37. The summed E-state index contributed by atoms with van der Waals surface area (Å²) in [5.41, 5.74) is 1.11. The first kappa shape index (κ1) is 18.8. The van der Waals surface area contributed by atoms with Gasteiger partial charge < -0.3 is 10.2 Å². The number of carbonyl (C=O) groups is 1. The molecular formula is C21H29F2N3O. The summed E-state index contributed by atoms with van der Waals surface area (Å²) in [7, 11) is 0. The van der Waals surface area contributed by atoms with Crippen molar-refractivity contribution in [3.63, 3.8) is 0 Å². The number of hydrogen-bond acceptors (Lipinski definition) is 3. The van der Waals surface area contributed by atoms with Gasteiger partial charge >= 0.3 is 0 Å². The molecule has 0 radical (unpaired) electrons. The highest BCUT2D eigenvalue weighted by Crippen LogP contribution is 2.39. The van der Waals surface area contributed by atoms with Crippen LogP contribution in [-0.2, 0) is 11.3 Å². The molecular weight excluding hydrogens is 348 g/mol. The van der Waals surface area contributed by atoms with Crippen LogP contribution in [0.5, 0.6) is 0 Å². The zero-order valence-electron chi connectivity index (χ0n) is 15.9. The van der Waals surface area contributed by atoms with Gasteiger partial charge in [-0.05, 0) is 68.3 Å². The minimum Gasteiger partial charge on any atom is -0.353 e. The highest BCUT2D eigenvalue weighted by atomic mass is 19.2. The molecule has 1 aromatic rings. The van der Waals surface area contributed by atoms with Gasteiger partial charge in [-0.3, -0.25) is 9.69 Å². The quantitative estimate of drug-likeness (QED) is 0.828. The molecule has 2 aliphatic heterocycles. The number of benzene rings is 1. The van der Waals surface area contributed by atoms with Crippen molar-refractivity contribution in [3.8, 4) is 0 Å². The molecule has 1 atom stereocenters. The van der Waals surface area contributed by atoms with Crippen molar-refractivity contribution in [1.29, 1.82) is 0 Å². The minimum absolute atomic E-state index is 0.182. The Morgan fingerprint density at radius 2 is 1.93 bits per heavy atom. The van der Waals surface area contributed by atoms with Gasteiger partial charge in [0.2, 0.25) is 5.91 Å². The molecule has 0 aromatic heterocycles. The SMILES string of the molecule is O=C(CCN1CC[C@@]2(CCCN(Cc3ccc(F)c(F)c3)C2)C1)NC1CC1. The molecule has 0 unspecified atom stereocenters. The van der Waals surface area contributed by atoms with Crippen LogP contribution >= 0.6 is 0 Å². The molecule has 1 N–H and O–H groups in total. The molecule has 1 spiro atoms. The van der Waals surface area contributed by atoms with Crippen molar-refractivity contribution in [2.45, 2.75) is 51.1 Å². The van der Waals surface area contributed by atoms with Gasteiger partial charge in [0.25, 0.3) is 0 Å². The van der Waals surface area contributed by atoms with E-state index in [0.29, 0.717) is 19.0 Å².